The third kappa shape index (κ3) is 4.89. The zero-order chi connectivity index (χ0) is 32.3. The fraction of sp³-hybridized carbons (Fsp3) is 0.382. The van der Waals surface area contributed by atoms with Crippen molar-refractivity contribution in [1.29, 1.82) is 0 Å². The van der Waals surface area contributed by atoms with Gasteiger partial charge in [-0.1, -0.05) is 26.8 Å². The number of carbonyl (C=O) groups is 1. The molecule has 0 spiro atoms. The Labute approximate surface area is 258 Å². The second kappa shape index (κ2) is 11.4. The number of esters is 1. The Hall–Kier alpha value is -4.54. The van der Waals surface area contributed by atoms with Crippen LogP contribution in [0.4, 0.5) is 24.5 Å². The molecule has 236 valence electrons. The van der Waals surface area contributed by atoms with Gasteiger partial charge in [-0.15, -0.1) is 0 Å². The number of anilines is 2. The zero-order valence-corrected chi connectivity index (χ0v) is 25.8. The number of pyridine rings is 2. The number of aryl methyl sites for hydroxylation is 1. The van der Waals surface area contributed by atoms with Gasteiger partial charge in [0.05, 0.1) is 40.8 Å². The summed E-state index contributed by atoms with van der Waals surface area (Å²) in [4.78, 5) is 35.8. The van der Waals surface area contributed by atoms with Crippen LogP contribution in [0.15, 0.2) is 41.3 Å². The van der Waals surface area contributed by atoms with E-state index in [1.54, 1.807) is 24.1 Å². The second-order valence-corrected chi connectivity index (χ2v) is 12.4. The monoisotopic (exact) mass is 620 g/mol. The minimum Gasteiger partial charge on any atom is -0.507 e. The van der Waals surface area contributed by atoms with Crippen LogP contribution in [-0.2, 0) is 9.53 Å². The normalized spacial score (nSPS) is 17.9. The number of hydrogen-bond donors (Lipinski definition) is 1. The van der Waals surface area contributed by atoms with Crippen molar-refractivity contribution in [2.45, 2.75) is 52.5 Å². The number of aromatic hydroxyl groups is 1. The highest BCUT2D eigenvalue weighted by molar-refractivity contribution is 6.03. The number of hydrogen-bond acceptors (Lipinski definition) is 7. The Morgan fingerprint density at radius 1 is 1.07 bits per heavy atom. The summed E-state index contributed by atoms with van der Waals surface area (Å²) >= 11 is 0. The third-order valence-corrected chi connectivity index (χ3v) is 8.99. The number of phenols is 1. The number of aromatic nitrogens is 2. The highest BCUT2D eigenvalue weighted by atomic mass is 19.1. The minimum absolute atomic E-state index is 0.0887. The first-order valence-corrected chi connectivity index (χ1v) is 15.1. The van der Waals surface area contributed by atoms with Gasteiger partial charge in [-0.25, -0.2) is 13.2 Å². The molecule has 1 saturated heterocycles. The summed E-state index contributed by atoms with van der Waals surface area (Å²) in [6.45, 7) is 8.25. The summed E-state index contributed by atoms with van der Waals surface area (Å²) in [6, 6.07) is 6.05. The summed E-state index contributed by atoms with van der Waals surface area (Å²) in [5.74, 6) is -4.50. The van der Waals surface area contributed by atoms with E-state index in [2.05, 4.69) is 11.9 Å². The van der Waals surface area contributed by atoms with Gasteiger partial charge in [0.25, 0.3) is 5.56 Å². The number of methoxy groups -OCH3 is 1. The fourth-order valence-electron chi connectivity index (χ4n) is 6.89. The topological polar surface area (TPSA) is 87.9 Å². The molecule has 2 aromatic carbocycles. The molecule has 6 rings (SSSR count). The molecular formula is C34H35F3N4O4. The van der Waals surface area contributed by atoms with E-state index in [4.69, 9.17) is 4.74 Å². The maximum Gasteiger partial charge on any atom is 0.325 e. The fourth-order valence-corrected chi connectivity index (χ4v) is 6.89. The Bertz CT molecular complexity index is 1890. The SMILES string of the molecule is COC(=O)CN1C[C@H]2CC[C@H](C)CN2c2c1c(=O)n(-c1c(C)ccnc1C(C)C)c1c(F)c(-c3c(O)cccc3F)c(F)cc21. The molecule has 0 unspecified atom stereocenters. The molecule has 1 fully saturated rings. The van der Waals surface area contributed by atoms with Gasteiger partial charge in [-0.2, -0.15) is 0 Å². The maximum absolute atomic E-state index is 17.2. The first kappa shape index (κ1) is 30.5. The van der Waals surface area contributed by atoms with Gasteiger partial charge in [0.15, 0.2) is 5.82 Å². The molecule has 0 saturated carbocycles. The van der Waals surface area contributed by atoms with Crippen molar-refractivity contribution in [3.63, 3.8) is 0 Å². The number of benzene rings is 2. The molecule has 0 bridgehead atoms. The highest BCUT2D eigenvalue weighted by Gasteiger charge is 2.40. The molecule has 4 heterocycles. The number of halogens is 3. The quantitative estimate of drug-likeness (QED) is 0.266. The Morgan fingerprint density at radius 3 is 2.51 bits per heavy atom. The van der Waals surface area contributed by atoms with E-state index in [0.717, 1.165) is 31.0 Å². The second-order valence-electron chi connectivity index (χ2n) is 12.4. The van der Waals surface area contributed by atoms with E-state index in [1.165, 1.54) is 17.7 Å². The van der Waals surface area contributed by atoms with Gasteiger partial charge >= 0.3 is 5.97 Å². The van der Waals surface area contributed by atoms with Crippen molar-refractivity contribution in [3.05, 3.63) is 75.6 Å². The number of carbonyl (C=O) groups excluding carboxylic acids is 1. The number of ether oxygens (including phenoxy) is 1. The molecule has 45 heavy (non-hydrogen) atoms. The largest absolute Gasteiger partial charge is 0.507 e. The molecule has 0 amide bonds. The lowest BCUT2D eigenvalue weighted by Crippen LogP contribution is -2.56. The van der Waals surface area contributed by atoms with Crippen molar-refractivity contribution in [2.24, 2.45) is 5.92 Å². The van der Waals surface area contributed by atoms with Crippen LogP contribution < -0.4 is 15.4 Å². The van der Waals surface area contributed by atoms with E-state index in [0.29, 0.717) is 35.7 Å². The molecular weight excluding hydrogens is 585 g/mol. The summed E-state index contributed by atoms with van der Waals surface area (Å²) < 4.78 is 54.7. The van der Waals surface area contributed by atoms with Crippen molar-refractivity contribution >= 4 is 28.2 Å². The van der Waals surface area contributed by atoms with Crippen LogP contribution >= 0.6 is 0 Å². The minimum atomic E-state index is -1.20. The Balaban J connectivity index is 1.84. The smallest absolute Gasteiger partial charge is 0.325 e. The van der Waals surface area contributed by atoms with Gasteiger partial charge in [0, 0.05) is 30.7 Å². The number of rotatable bonds is 5. The molecule has 2 aliphatic rings. The first-order chi connectivity index (χ1) is 21.4. The lowest BCUT2D eigenvalue weighted by atomic mass is 9.89. The lowest BCUT2D eigenvalue weighted by Gasteiger charge is -2.48. The molecule has 0 radical (unpaired) electrons. The molecule has 2 aliphatic heterocycles. The van der Waals surface area contributed by atoms with Crippen LogP contribution in [0.3, 0.4) is 0 Å². The first-order valence-electron chi connectivity index (χ1n) is 15.1. The van der Waals surface area contributed by atoms with Crippen LogP contribution in [0.5, 0.6) is 5.75 Å². The molecule has 2 aromatic heterocycles. The van der Waals surface area contributed by atoms with E-state index >= 15 is 13.2 Å². The van der Waals surface area contributed by atoms with Crippen LogP contribution in [-0.4, -0.2) is 53.4 Å². The van der Waals surface area contributed by atoms with Crippen molar-refractivity contribution in [3.8, 4) is 22.6 Å². The van der Waals surface area contributed by atoms with E-state index in [-0.39, 0.29) is 41.0 Å². The molecule has 0 aliphatic carbocycles. The predicted octanol–water partition coefficient (Wildman–Crippen LogP) is 6.21. The number of piperidine rings is 1. The lowest BCUT2D eigenvalue weighted by molar-refractivity contribution is -0.139. The Morgan fingerprint density at radius 2 is 1.82 bits per heavy atom. The zero-order valence-electron chi connectivity index (χ0n) is 25.8. The van der Waals surface area contributed by atoms with Crippen molar-refractivity contribution in [2.75, 3.05) is 36.5 Å². The Kier molecular flexibility index (Phi) is 7.74. The summed E-state index contributed by atoms with van der Waals surface area (Å²) in [5.41, 5.74) is -0.485. The van der Waals surface area contributed by atoms with Gasteiger partial charge in [0.2, 0.25) is 0 Å². The predicted molar refractivity (Wildman–Crippen MR) is 167 cm³/mol. The molecule has 11 heteroatoms. The molecule has 4 aromatic rings. The maximum atomic E-state index is 17.2. The highest BCUT2D eigenvalue weighted by Crippen LogP contribution is 2.47. The molecule has 2 atom stereocenters. The van der Waals surface area contributed by atoms with Crippen LogP contribution in [0.2, 0.25) is 0 Å². The van der Waals surface area contributed by atoms with Crippen molar-refractivity contribution < 1.29 is 27.8 Å². The third-order valence-electron chi connectivity index (χ3n) is 8.99. The van der Waals surface area contributed by atoms with E-state index in [1.807, 2.05) is 18.7 Å². The van der Waals surface area contributed by atoms with Crippen LogP contribution in [0.1, 0.15) is 50.8 Å². The van der Waals surface area contributed by atoms with E-state index < -0.39 is 45.9 Å². The summed E-state index contributed by atoms with van der Waals surface area (Å²) in [7, 11) is 1.26. The number of phenolic OH excluding ortho intramolecular Hbond substituents is 1. The van der Waals surface area contributed by atoms with Crippen molar-refractivity contribution in [1.82, 2.24) is 9.55 Å². The molecule has 8 nitrogen and oxygen atoms in total. The molecule has 1 N–H and O–H groups in total. The number of fused-ring (bicyclic) bond motifs is 5. The summed E-state index contributed by atoms with van der Waals surface area (Å²) in [5, 5.41) is 10.7. The van der Waals surface area contributed by atoms with E-state index in [9.17, 15) is 14.7 Å². The standard InChI is InChI=1S/C34H35F3N4O4/c1-17(2)29-30(19(4)11-12-38-29)41-31-21(13-23(36)27(28(31)37)26-22(35)7-6-8-24(26)42)32-33(34(41)44)39(16-25(43)45-5)15-20-10-9-18(3)14-40(20)32/h6-8,11-13,17-18,20,42H,9-10,14-16H2,1-5H3/t18-,20+/m0/s1. The van der Waals surface area contributed by atoms with Crippen LogP contribution in [0.25, 0.3) is 27.7 Å². The number of nitrogens with zero attached hydrogens (tertiary/aromatic N) is 4. The van der Waals surface area contributed by atoms with Crippen LogP contribution in [0, 0.1) is 30.3 Å². The van der Waals surface area contributed by atoms with Gasteiger partial charge in [-0.3, -0.25) is 19.1 Å². The van der Waals surface area contributed by atoms with Gasteiger partial charge in [0.1, 0.15) is 29.6 Å². The average Bonchev–Trinajstić information content (AvgIpc) is 2.99. The van der Waals surface area contributed by atoms with Gasteiger partial charge in [-0.05, 0) is 61.4 Å². The van der Waals surface area contributed by atoms with Gasteiger partial charge < -0.3 is 19.6 Å². The summed E-state index contributed by atoms with van der Waals surface area (Å²) in [6.07, 6.45) is 3.25. The average molecular weight is 621 g/mol.